The minimum Gasteiger partial charge on any atom is -0.339 e. The summed E-state index contributed by atoms with van der Waals surface area (Å²) in [5.41, 5.74) is 3.20. The Hall–Kier alpha value is -1.93. The minimum atomic E-state index is -0.224. The molecule has 2 heterocycles. The largest absolute Gasteiger partial charge is 0.339 e. The van der Waals surface area contributed by atoms with Crippen LogP contribution in [0, 0.1) is 13.8 Å². The van der Waals surface area contributed by atoms with Crippen molar-refractivity contribution in [2.45, 2.75) is 38.1 Å². The molecule has 1 aliphatic rings. The van der Waals surface area contributed by atoms with Crippen LogP contribution in [0.25, 0.3) is 5.69 Å². The Morgan fingerprint density at radius 1 is 1.23 bits per heavy atom. The number of hydrogen-bond donors (Lipinski definition) is 0. The van der Waals surface area contributed by atoms with Crippen molar-refractivity contribution < 1.29 is 4.79 Å². The van der Waals surface area contributed by atoms with E-state index in [1.54, 1.807) is 4.68 Å². The van der Waals surface area contributed by atoms with Crippen LogP contribution in [-0.4, -0.2) is 73.9 Å². The van der Waals surface area contributed by atoms with Crippen LogP contribution in [-0.2, 0) is 4.79 Å². The van der Waals surface area contributed by atoms with Gasteiger partial charge in [0.1, 0.15) is 0 Å². The number of amides is 1. The van der Waals surface area contributed by atoms with Gasteiger partial charge in [-0.25, -0.2) is 0 Å². The van der Waals surface area contributed by atoms with E-state index in [0.717, 1.165) is 49.5 Å². The van der Waals surface area contributed by atoms with Crippen molar-refractivity contribution in [2.24, 2.45) is 0 Å². The van der Waals surface area contributed by atoms with Crippen molar-refractivity contribution in [1.29, 1.82) is 0 Å². The zero-order valence-corrected chi connectivity index (χ0v) is 16.7. The molecule has 1 atom stereocenters. The van der Waals surface area contributed by atoms with E-state index < -0.39 is 0 Å². The zero-order chi connectivity index (χ0) is 18.7. The third-order valence-electron chi connectivity index (χ3n) is 4.79. The Balaban J connectivity index is 1.71. The molecule has 1 aliphatic heterocycles. The molecule has 8 heteroatoms. The second kappa shape index (κ2) is 8.18. The van der Waals surface area contributed by atoms with Gasteiger partial charge >= 0.3 is 0 Å². The SMILES string of the molecule is CCN1CCN(C(=O)C(C)Sc2nnnn2-c2cc(C)ccc2C)CC1. The molecular weight excluding hydrogens is 348 g/mol. The number of carbonyl (C=O) groups is 1. The summed E-state index contributed by atoms with van der Waals surface area (Å²) in [6.07, 6.45) is 0. The van der Waals surface area contributed by atoms with Gasteiger partial charge < -0.3 is 9.80 Å². The lowest BCUT2D eigenvalue weighted by atomic mass is 10.1. The third kappa shape index (κ3) is 4.07. The molecule has 0 bridgehead atoms. The monoisotopic (exact) mass is 374 g/mol. The van der Waals surface area contributed by atoms with Crippen molar-refractivity contribution in [1.82, 2.24) is 30.0 Å². The molecule has 2 aromatic rings. The molecule has 7 nitrogen and oxygen atoms in total. The molecule has 1 fully saturated rings. The first-order chi connectivity index (χ1) is 12.5. The van der Waals surface area contributed by atoms with Crippen molar-refractivity contribution >= 4 is 17.7 Å². The molecule has 0 radical (unpaired) electrons. The van der Waals surface area contributed by atoms with Crippen LogP contribution in [0.3, 0.4) is 0 Å². The average Bonchev–Trinajstić information content (AvgIpc) is 3.11. The number of hydrogen-bond acceptors (Lipinski definition) is 6. The Morgan fingerprint density at radius 2 is 1.96 bits per heavy atom. The van der Waals surface area contributed by atoms with Crippen LogP contribution in [0.2, 0.25) is 0 Å². The van der Waals surface area contributed by atoms with Gasteiger partial charge in [-0.3, -0.25) is 4.79 Å². The summed E-state index contributed by atoms with van der Waals surface area (Å²) in [5.74, 6) is 0.154. The molecule has 1 amide bonds. The summed E-state index contributed by atoms with van der Waals surface area (Å²) in [6.45, 7) is 12.7. The summed E-state index contributed by atoms with van der Waals surface area (Å²) in [7, 11) is 0. The van der Waals surface area contributed by atoms with Gasteiger partial charge in [0, 0.05) is 26.2 Å². The minimum absolute atomic E-state index is 0.154. The normalized spacial score (nSPS) is 16.7. The third-order valence-corrected chi connectivity index (χ3v) is 5.82. The number of tetrazole rings is 1. The van der Waals surface area contributed by atoms with Crippen LogP contribution in [0.4, 0.5) is 0 Å². The number of aromatic nitrogens is 4. The molecule has 1 saturated heterocycles. The lowest BCUT2D eigenvalue weighted by molar-refractivity contribution is -0.132. The molecule has 3 rings (SSSR count). The van der Waals surface area contributed by atoms with Crippen LogP contribution >= 0.6 is 11.8 Å². The van der Waals surface area contributed by atoms with Crippen molar-refractivity contribution in [3.8, 4) is 5.69 Å². The first-order valence-electron chi connectivity index (χ1n) is 9.03. The summed E-state index contributed by atoms with van der Waals surface area (Å²) in [4.78, 5) is 17.1. The Morgan fingerprint density at radius 3 is 2.65 bits per heavy atom. The number of thioether (sulfide) groups is 1. The van der Waals surface area contributed by atoms with Crippen LogP contribution in [0.15, 0.2) is 23.4 Å². The van der Waals surface area contributed by atoms with Crippen LogP contribution in [0.5, 0.6) is 0 Å². The molecule has 0 spiro atoms. The second-order valence-corrected chi connectivity index (χ2v) is 7.99. The van der Waals surface area contributed by atoms with Gasteiger partial charge in [0.25, 0.3) is 0 Å². The maximum atomic E-state index is 12.8. The van der Waals surface area contributed by atoms with Gasteiger partial charge in [0.2, 0.25) is 11.1 Å². The van der Waals surface area contributed by atoms with E-state index in [9.17, 15) is 4.79 Å². The smallest absolute Gasteiger partial charge is 0.235 e. The Kier molecular flexibility index (Phi) is 5.93. The number of rotatable bonds is 5. The molecular formula is C18H26N6OS. The van der Waals surface area contributed by atoms with Gasteiger partial charge in [0.15, 0.2) is 0 Å². The first-order valence-corrected chi connectivity index (χ1v) is 9.91. The highest BCUT2D eigenvalue weighted by atomic mass is 32.2. The van der Waals surface area contributed by atoms with E-state index in [2.05, 4.69) is 45.5 Å². The highest BCUT2D eigenvalue weighted by Crippen LogP contribution is 2.26. The number of piperazine rings is 1. The molecule has 1 aromatic carbocycles. The maximum absolute atomic E-state index is 12.8. The van der Waals surface area contributed by atoms with Crippen molar-refractivity contribution in [3.05, 3.63) is 29.3 Å². The Bertz CT molecular complexity index is 769. The average molecular weight is 375 g/mol. The van der Waals surface area contributed by atoms with E-state index in [1.165, 1.54) is 11.8 Å². The number of aryl methyl sites for hydroxylation is 2. The van der Waals surface area contributed by atoms with E-state index >= 15 is 0 Å². The fourth-order valence-corrected chi connectivity index (χ4v) is 3.99. The standard InChI is InChI=1S/C18H26N6OS/c1-5-22-8-10-23(11-9-22)17(25)15(4)26-18-19-20-21-24(18)16-12-13(2)6-7-14(16)3/h6-7,12,15H,5,8-11H2,1-4H3. The van der Waals surface area contributed by atoms with Gasteiger partial charge in [-0.1, -0.05) is 30.8 Å². The van der Waals surface area contributed by atoms with Crippen LogP contribution < -0.4 is 0 Å². The fraction of sp³-hybridized carbons (Fsp3) is 0.556. The van der Waals surface area contributed by atoms with Crippen LogP contribution in [0.1, 0.15) is 25.0 Å². The number of nitrogens with zero attached hydrogens (tertiary/aromatic N) is 6. The van der Waals surface area contributed by atoms with Gasteiger partial charge in [-0.15, -0.1) is 5.10 Å². The highest BCUT2D eigenvalue weighted by molar-refractivity contribution is 8.00. The van der Waals surface area contributed by atoms with Gasteiger partial charge in [-0.2, -0.15) is 4.68 Å². The van der Waals surface area contributed by atoms with E-state index in [1.807, 2.05) is 25.7 Å². The predicted octanol–water partition coefficient (Wildman–Crippen LogP) is 1.92. The number of benzene rings is 1. The number of carbonyl (C=O) groups excluding carboxylic acids is 1. The van der Waals surface area contributed by atoms with E-state index in [-0.39, 0.29) is 11.2 Å². The second-order valence-electron chi connectivity index (χ2n) is 6.68. The maximum Gasteiger partial charge on any atom is 0.235 e. The molecule has 1 aromatic heterocycles. The quantitative estimate of drug-likeness (QED) is 0.745. The molecule has 0 aliphatic carbocycles. The molecule has 140 valence electrons. The highest BCUT2D eigenvalue weighted by Gasteiger charge is 2.26. The summed E-state index contributed by atoms with van der Waals surface area (Å²) in [5, 5.41) is 12.5. The van der Waals surface area contributed by atoms with Crippen molar-refractivity contribution in [3.63, 3.8) is 0 Å². The van der Waals surface area contributed by atoms with Gasteiger partial charge in [0.05, 0.1) is 10.9 Å². The van der Waals surface area contributed by atoms with E-state index in [0.29, 0.717) is 5.16 Å². The lowest BCUT2D eigenvalue weighted by Crippen LogP contribution is -2.50. The first kappa shape index (κ1) is 18.8. The molecule has 0 saturated carbocycles. The predicted molar refractivity (Wildman–Crippen MR) is 103 cm³/mol. The summed E-state index contributed by atoms with van der Waals surface area (Å²) in [6, 6.07) is 6.19. The molecule has 0 N–H and O–H groups in total. The summed E-state index contributed by atoms with van der Waals surface area (Å²) < 4.78 is 1.73. The lowest BCUT2D eigenvalue weighted by Gasteiger charge is -2.35. The topological polar surface area (TPSA) is 67.2 Å². The molecule has 26 heavy (non-hydrogen) atoms. The van der Waals surface area contributed by atoms with E-state index in [4.69, 9.17) is 0 Å². The number of likely N-dealkylation sites (N-methyl/N-ethyl adjacent to an activating group) is 1. The zero-order valence-electron chi connectivity index (χ0n) is 15.8. The molecule has 1 unspecified atom stereocenters. The fourth-order valence-electron chi connectivity index (χ4n) is 3.10. The summed E-state index contributed by atoms with van der Waals surface area (Å²) >= 11 is 1.42. The van der Waals surface area contributed by atoms with Gasteiger partial charge in [-0.05, 0) is 54.9 Å². The van der Waals surface area contributed by atoms with Crippen molar-refractivity contribution in [2.75, 3.05) is 32.7 Å². The Labute approximate surface area is 158 Å².